The molecule has 0 bridgehead atoms. The second-order valence-corrected chi connectivity index (χ2v) is 4.03. The van der Waals surface area contributed by atoms with Crippen LogP contribution in [0, 0.1) is 0 Å². The summed E-state index contributed by atoms with van der Waals surface area (Å²) in [5, 5.41) is 4.36. The standard InChI is InChI=1S/C13H8F3N3/c14-13(15,16)12-5-6-19(18-12)10-7-9-3-1-2-4-11(9)17-8-10/h1-8H. The van der Waals surface area contributed by atoms with Gasteiger partial charge in [0.05, 0.1) is 17.4 Å². The summed E-state index contributed by atoms with van der Waals surface area (Å²) in [5.41, 5.74) is 0.365. The summed E-state index contributed by atoms with van der Waals surface area (Å²) in [6.45, 7) is 0. The monoisotopic (exact) mass is 263 g/mol. The molecular formula is C13H8F3N3. The van der Waals surface area contributed by atoms with Crippen molar-refractivity contribution in [3.63, 3.8) is 0 Å². The molecule has 0 radical (unpaired) electrons. The Morgan fingerprint density at radius 3 is 2.58 bits per heavy atom. The van der Waals surface area contributed by atoms with E-state index in [0.717, 1.165) is 17.0 Å². The van der Waals surface area contributed by atoms with Gasteiger partial charge in [-0.15, -0.1) is 0 Å². The lowest BCUT2D eigenvalue weighted by molar-refractivity contribution is -0.141. The van der Waals surface area contributed by atoms with Gasteiger partial charge in [-0.2, -0.15) is 18.3 Å². The van der Waals surface area contributed by atoms with Crippen LogP contribution in [0.2, 0.25) is 0 Å². The second-order valence-electron chi connectivity index (χ2n) is 4.03. The fourth-order valence-corrected chi connectivity index (χ4v) is 1.80. The molecule has 1 aromatic carbocycles. The molecular weight excluding hydrogens is 255 g/mol. The van der Waals surface area contributed by atoms with Crippen LogP contribution in [0.4, 0.5) is 13.2 Å². The number of pyridine rings is 1. The van der Waals surface area contributed by atoms with E-state index >= 15 is 0 Å². The van der Waals surface area contributed by atoms with E-state index in [9.17, 15) is 13.2 Å². The van der Waals surface area contributed by atoms with Crippen molar-refractivity contribution in [1.82, 2.24) is 14.8 Å². The smallest absolute Gasteiger partial charge is 0.254 e. The molecule has 0 aliphatic carbocycles. The van der Waals surface area contributed by atoms with Crippen LogP contribution in [0.25, 0.3) is 16.6 Å². The summed E-state index contributed by atoms with van der Waals surface area (Å²) in [5.74, 6) is 0. The fraction of sp³-hybridized carbons (Fsp3) is 0.0769. The lowest BCUT2D eigenvalue weighted by atomic mass is 10.2. The number of benzene rings is 1. The average molecular weight is 263 g/mol. The molecule has 0 atom stereocenters. The molecule has 3 rings (SSSR count). The summed E-state index contributed by atoms with van der Waals surface area (Å²) in [6.07, 6.45) is -1.67. The Morgan fingerprint density at radius 2 is 1.84 bits per heavy atom. The lowest BCUT2D eigenvalue weighted by Crippen LogP contribution is -2.07. The zero-order valence-corrected chi connectivity index (χ0v) is 9.59. The number of hydrogen-bond acceptors (Lipinski definition) is 2. The third kappa shape index (κ3) is 2.16. The number of nitrogens with zero attached hydrogens (tertiary/aromatic N) is 3. The van der Waals surface area contributed by atoms with Crippen molar-refractivity contribution in [2.24, 2.45) is 0 Å². The Morgan fingerprint density at radius 1 is 1.05 bits per heavy atom. The van der Waals surface area contributed by atoms with Gasteiger partial charge >= 0.3 is 6.18 Å². The first-order valence-corrected chi connectivity index (χ1v) is 5.52. The van der Waals surface area contributed by atoms with Gasteiger partial charge in [0, 0.05) is 11.6 Å². The van der Waals surface area contributed by atoms with Crippen molar-refractivity contribution in [2.75, 3.05) is 0 Å². The third-order valence-electron chi connectivity index (χ3n) is 2.72. The number of para-hydroxylation sites is 1. The molecule has 0 N–H and O–H groups in total. The highest BCUT2D eigenvalue weighted by molar-refractivity contribution is 5.79. The average Bonchev–Trinajstić information content (AvgIpc) is 2.87. The van der Waals surface area contributed by atoms with Crippen molar-refractivity contribution < 1.29 is 13.2 Å². The van der Waals surface area contributed by atoms with Crippen molar-refractivity contribution in [2.45, 2.75) is 6.18 Å². The largest absolute Gasteiger partial charge is 0.435 e. The van der Waals surface area contributed by atoms with Crippen LogP contribution in [-0.2, 0) is 6.18 Å². The molecule has 0 saturated heterocycles. The highest BCUT2D eigenvalue weighted by Gasteiger charge is 2.33. The number of fused-ring (bicyclic) bond motifs is 1. The van der Waals surface area contributed by atoms with E-state index in [1.165, 1.54) is 17.1 Å². The first-order valence-electron chi connectivity index (χ1n) is 5.52. The molecule has 96 valence electrons. The van der Waals surface area contributed by atoms with Crippen LogP contribution in [0.3, 0.4) is 0 Å². The summed E-state index contributed by atoms with van der Waals surface area (Å²) in [6, 6.07) is 10.1. The Hall–Kier alpha value is -2.37. The van der Waals surface area contributed by atoms with E-state index in [4.69, 9.17) is 0 Å². The zero-order valence-electron chi connectivity index (χ0n) is 9.59. The van der Waals surface area contributed by atoms with Crippen molar-refractivity contribution >= 4 is 10.9 Å². The molecule has 2 aromatic heterocycles. The van der Waals surface area contributed by atoms with Crippen LogP contribution in [0.1, 0.15) is 5.69 Å². The summed E-state index contributed by atoms with van der Waals surface area (Å²) in [7, 11) is 0. The van der Waals surface area contributed by atoms with E-state index < -0.39 is 11.9 Å². The maximum absolute atomic E-state index is 12.5. The molecule has 0 aliphatic heterocycles. The molecule has 0 saturated carbocycles. The maximum atomic E-state index is 12.5. The molecule has 3 nitrogen and oxygen atoms in total. The number of aromatic nitrogens is 3. The number of halogens is 3. The van der Waals surface area contributed by atoms with Crippen molar-refractivity contribution in [3.8, 4) is 5.69 Å². The molecule has 0 fully saturated rings. The Labute approximate surface area is 106 Å². The van der Waals surface area contributed by atoms with E-state index in [1.807, 2.05) is 24.3 Å². The third-order valence-corrected chi connectivity index (χ3v) is 2.72. The van der Waals surface area contributed by atoms with Crippen LogP contribution in [-0.4, -0.2) is 14.8 Å². The van der Waals surface area contributed by atoms with Crippen molar-refractivity contribution in [1.29, 1.82) is 0 Å². The van der Waals surface area contributed by atoms with Gasteiger partial charge in [0.2, 0.25) is 0 Å². The number of alkyl halides is 3. The first-order chi connectivity index (χ1) is 9.04. The fourth-order valence-electron chi connectivity index (χ4n) is 1.80. The van der Waals surface area contributed by atoms with Gasteiger partial charge in [-0.3, -0.25) is 4.98 Å². The summed E-state index contributed by atoms with van der Waals surface area (Å²) < 4.78 is 38.6. The molecule has 0 spiro atoms. The minimum absolute atomic E-state index is 0.495. The first kappa shape index (κ1) is 11.7. The molecule has 0 aliphatic rings. The summed E-state index contributed by atoms with van der Waals surface area (Å²) in [4.78, 5) is 4.19. The Kier molecular flexibility index (Phi) is 2.51. The van der Waals surface area contributed by atoms with Gasteiger partial charge in [0.15, 0.2) is 5.69 Å². The predicted molar refractivity (Wildman–Crippen MR) is 63.9 cm³/mol. The lowest BCUT2D eigenvalue weighted by Gasteiger charge is -2.04. The van der Waals surface area contributed by atoms with E-state index in [1.54, 1.807) is 6.07 Å². The van der Waals surface area contributed by atoms with Crippen LogP contribution in [0.15, 0.2) is 48.8 Å². The molecule has 6 heteroatoms. The molecule has 3 aromatic rings. The predicted octanol–water partition coefficient (Wildman–Crippen LogP) is 3.44. The minimum atomic E-state index is -4.43. The maximum Gasteiger partial charge on any atom is 0.435 e. The second kappa shape index (κ2) is 4.08. The Bertz CT molecular complexity index is 731. The van der Waals surface area contributed by atoms with Crippen LogP contribution in [0.5, 0.6) is 0 Å². The topological polar surface area (TPSA) is 30.7 Å². The van der Waals surface area contributed by atoms with Gasteiger partial charge < -0.3 is 0 Å². The van der Waals surface area contributed by atoms with Gasteiger partial charge in [-0.25, -0.2) is 4.68 Å². The number of rotatable bonds is 1. The van der Waals surface area contributed by atoms with Gasteiger partial charge in [0.25, 0.3) is 0 Å². The normalized spacial score (nSPS) is 11.9. The SMILES string of the molecule is FC(F)(F)c1ccn(-c2cnc3ccccc3c2)n1. The van der Waals surface area contributed by atoms with Crippen LogP contribution >= 0.6 is 0 Å². The minimum Gasteiger partial charge on any atom is -0.254 e. The highest BCUT2D eigenvalue weighted by Crippen LogP contribution is 2.28. The summed E-state index contributed by atoms with van der Waals surface area (Å²) >= 11 is 0. The Balaban J connectivity index is 2.07. The molecule has 0 unspecified atom stereocenters. The molecule has 2 heterocycles. The van der Waals surface area contributed by atoms with Crippen LogP contribution < -0.4 is 0 Å². The molecule has 19 heavy (non-hydrogen) atoms. The van der Waals surface area contributed by atoms with Gasteiger partial charge in [-0.1, -0.05) is 18.2 Å². The van der Waals surface area contributed by atoms with Gasteiger partial charge in [0.1, 0.15) is 0 Å². The van der Waals surface area contributed by atoms with E-state index in [-0.39, 0.29) is 0 Å². The highest BCUT2D eigenvalue weighted by atomic mass is 19.4. The van der Waals surface area contributed by atoms with E-state index in [2.05, 4.69) is 10.1 Å². The quantitative estimate of drug-likeness (QED) is 0.673. The number of hydrogen-bond donors (Lipinski definition) is 0. The zero-order chi connectivity index (χ0) is 13.5. The van der Waals surface area contributed by atoms with Gasteiger partial charge in [-0.05, 0) is 18.2 Å². The molecule has 0 amide bonds. The van der Waals surface area contributed by atoms with Crippen molar-refractivity contribution in [3.05, 3.63) is 54.5 Å². The van der Waals surface area contributed by atoms with E-state index in [0.29, 0.717) is 5.69 Å².